The predicted molar refractivity (Wildman–Crippen MR) is 46.3 cm³/mol. The molecule has 0 radical (unpaired) electrons. The van der Waals surface area contributed by atoms with Crippen LogP contribution in [0.2, 0.25) is 0 Å². The third kappa shape index (κ3) is 0.758. The van der Waals surface area contributed by atoms with Crippen molar-refractivity contribution < 1.29 is 0 Å². The van der Waals surface area contributed by atoms with Gasteiger partial charge in [-0.1, -0.05) is 11.1 Å². The van der Waals surface area contributed by atoms with Crippen molar-refractivity contribution in [1.29, 1.82) is 0 Å². The van der Waals surface area contributed by atoms with Gasteiger partial charge in [0.15, 0.2) is 0 Å². The Labute approximate surface area is 68.7 Å². The summed E-state index contributed by atoms with van der Waals surface area (Å²) >= 11 is 0. The lowest BCUT2D eigenvalue weighted by atomic mass is 9.68. The zero-order valence-corrected chi connectivity index (χ0v) is 7.10. The van der Waals surface area contributed by atoms with Crippen molar-refractivity contribution in [3.05, 3.63) is 11.1 Å². The fourth-order valence-electron chi connectivity index (χ4n) is 3.54. The maximum absolute atomic E-state index is 1.92. The zero-order valence-electron chi connectivity index (χ0n) is 7.10. The minimum Gasteiger partial charge on any atom is -0.0707 e. The molecular weight excluding hydrogens is 132 g/mol. The Morgan fingerprint density at radius 1 is 0.909 bits per heavy atom. The van der Waals surface area contributed by atoms with E-state index in [1.165, 1.54) is 44.9 Å². The minimum absolute atomic E-state index is 1.08. The van der Waals surface area contributed by atoms with Gasteiger partial charge in [-0.2, -0.15) is 0 Å². The van der Waals surface area contributed by atoms with Crippen molar-refractivity contribution in [3.8, 4) is 0 Å². The largest absolute Gasteiger partial charge is 0.0707 e. The SMILES string of the molecule is C1CC2=C3CCC(CC3)C2C1. The van der Waals surface area contributed by atoms with Crippen molar-refractivity contribution in [2.24, 2.45) is 11.8 Å². The minimum atomic E-state index is 1.08. The Hall–Kier alpha value is -0.260. The van der Waals surface area contributed by atoms with Gasteiger partial charge in [0.05, 0.1) is 0 Å². The molecule has 0 heteroatoms. The van der Waals surface area contributed by atoms with E-state index < -0.39 is 0 Å². The van der Waals surface area contributed by atoms with Gasteiger partial charge in [0, 0.05) is 0 Å². The summed E-state index contributed by atoms with van der Waals surface area (Å²) in [6.07, 6.45) is 10.5. The standard InChI is InChI=1S/C11H16/c1-2-10-8-4-6-9(7-5-8)11(10)3-1/h8,10H,1-7H2. The Balaban J connectivity index is 2.07. The molecule has 0 amide bonds. The van der Waals surface area contributed by atoms with Crippen molar-refractivity contribution in [2.45, 2.75) is 44.9 Å². The second kappa shape index (κ2) is 2.12. The lowest BCUT2D eigenvalue weighted by Crippen LogP contribution is -2.24. The number of rotatable bonds is 0. The van der Waals surface area contributed by atoms with Crippen LogP contribution in [0.25, 0.3) is 0 Å². The normalized spacial score (nSPS) is 41.5. The van der Waals surface area contributed by atoms with Crippen LogP contribution >= 0.6 is 0 Å². The van der Waals surface area contributed by atoms with Crippen LogP contribution in [0.3, 0.4) is 0 Å². The third-order valence-corrected chi connectivity index (χ3v) is 4.07. The van der Waals surface area contributed by atoms with Crippen LogP contribution in [0.1, 0.15) is 44.9 Å². The highest BCUT2D eigenvalue weighted by atomic mass is 14.4. The Morgan fingerprint density at radius 3 is 2.45 bits per heavy atom. The zero-order chi connectivity index (χ0) is 7.26. The summed E-state index contributed by atoms with van der Waals surface area (Å²) in [5, 5.41) is 0. The maximum Gasteiger partial charge on any atom is -0.0172 e. The molecule has 1 atom stereocenters. The molecule has 4 aliphatic rings. The van der Waals surface area contributed by atoms with Gasteiger partial charge in [-0.15, -0.1) is 0 Å². The summed E-state index contributed by atoms with van der Waals surface area (Å²) in [5.41, 5.74) is 3.81. The number of allylic oxidation sites excluding steroid dienone is 2. The van der Waals surface area contributed by atoms with Crippen LogP contribution in [0.5, 0.6) is 0 Å². The molecule has 0 spiro atoms. The van der Waals surface area contributed by atoms with Gasteiger partial charge < -0.3 is 0 Å². The van der Waals surface area contributed by atoms with Crippen molar-refractivity contribution >= 4 is 0 Å². The van der Waals surface area contributed by atoms with Crippen LogP contribution in [-0.2, 0) is 0 Å². The van der Waals surface area contributed by atoms with Crippen LogP contribution in [0.15, 0.2) is 11.1 Å². The molecule has 4 aliphatic carbocycles. The summed E-state index contributed by atoms with van der Waals surface area (Å²) in [4.78, 5) is 0. The first-order chi connectivity index (χ1) is 5.45. The molecule has 0 aromatic rings. The molecule has 0 heterocycles. The second-order valence-corrected chi connectivity index (χ2v) is 4.46. The average molecular weight is 148 g/mol. The Kier molecular flexibility index (Phi) is 1.21. The molecule has 0 saturated heterocycles. The van der Waals surface area contributed by atoms with E-state index in [0.717, 1.165) is 11.8 Å². The Morgan fingerprint density at radius 2 is 1.73 bits per heavy atom. The lowest BCUT2D eigenvalue weighted by Gasteiger charge is -2.37. The van der Waals surface area contributed by atoms with Gasteiger partial charge in [0.25, 0.3) is 0 Å². The fraction of sp³-hybridized carbons (Fsp3) is 0.818. The predicted octanol–water partition coefficient (Wildman–Crippen LogP) is 3.29. The van der Waals surface area contributed by atoms with Gasteiger partial charge in [-0.3, -0.25) is 0 Å². The molecule has 11 heavy (non-hydrogen) atoms. The van der Waals surface area contributed by atoms with E-state index in [1.807, 2.05) is 11.1 Å². The monoisotopic (exact) mass is 148 g/mol. The molecule has 2 saturated carbocycles. The first-order valence-electron chi connectivity index (χ1n) is 5.16. The maximum atomic E-state index is 1.92. The summed E-state index contributed by atoms with van der Waals surface area (Å²) in [6.45, 7) is 0. The van der Waals surface area contributed by atoms with Crippen LogP contribution in [0.4, 0.5) is 0 Å². The molecule has 2 bridgehead atoms. The number of fused-ring (bicyclic) bond motifs is 2. The molecule has 0 aliphatic heterocycles. The molecule has 0 nitrogen and oxygen atoms in total. The first kappa shape index (κ1) is 6.28. The molecule has 0 aromatic carbocycles. The summed E-state index contributed by atoms with van der Waals surface area (Å²) in [6, 6.07) is 0. The highest BCUT2D eigenvalue weighted by Crippen LogP contribution is 2.51. The van der Waals surface area contributed by atoms with E-state index in [9.17, 15) is 0 Å². The lowest BCUT2D eigenvalue weighted by molar-refractivity contribution is 0.279. The third-order valence-electron chi connectivity index (χ3n) is 4.07. The van der Waals surface area contributed by atoms with E-state index in [4.69, 9.17) is 0 Å². The summed E-state index contributed by atoms with van der Waals surface area (Å²) < 4.78 is 0. The van der Waals surface area contributed by atoms with Gasteiger partial charge in [-0.25, -0.2) is 0 Å². The Bertz CT molecular complexity index is 202. The van der Waals surface area contributed by atoms with Crippen LogP contribution in [0, 0.1) is 11.8 Å². The average Bonchev–Trinajstić information content (AvgIpc) is 2.55. The number of hydrogen-bond donors (Lipinski definition) is 0. The van der Waals surface area contributed by atoms with E-state index in [2.05, 4.69) is 0 Å². The van der Waals surface area contributed by atoms with E-state index in [1.54, 1.807) is 0 Å². The van der Waals surface area contributed by atoms with E-state index in [0.29, 0.717) is 0 Å². The topological polar surface area (TPSA) is 0 Å². The fourth-order valence-corrected chi connectivity index (χ4v) is 3.54. The number of hydrogen-bond acceptors (Lipinski definition) is 0. The van der Waals surface area contributed by atoms with Gasteiger partial charge >= 0.3 is 0 Å². The van der Waals surface area contributed by atoms with E-state index >= 15 is 0 Å². The molecule has 60 valence electrons. The molecule has 2 fully saturated rings. The highest BCUT2D eigenvalue weighted by Gasteiger charge is 2.37. The molecular formula is C11H16. The second-order valence-electron chi connectivity index (χ2n) is 4.46. The molecule has 0 aromatic heterocycles. The van der Waals surface area contributed by atoms with Gasteiger partial charge in [-0.05, 0) is 56.8 Å². The molecule has 1 unspecified atom stereocenters. The van der Waals surface area contributed by atoms with Crippen LogP contribution in [-0.4, -0.2) is 0 Å². The van der Waals surface area contributed by atoms with Gasteiger partial charge in [0.1, 0.15) is 0 Å². The summed E-state index contributed by atoms with van der Waals surface area (Å²) in [7, 11) is 0. The van der Waals surface area contributed by atoms with Crippen molar-refractivity contribution in [1.82, 2.24) is 0 Å². The smallest absolute Gasteiger partial charge is 0.0172 e. The quantitative estimate of drug-likeness (QED) is 0.462. The molecule has 4 rings (SSSR count). The van der Waals surface area contributed by atoms with Gasteiger partial charge in [0.2, 0.25) is 0 Å². The van der Waals surface area contributed by atoms with E-state index in [-0.39, 0.29) is 0 Å². The van der Waals surface area contributed by atoms with Crippen molar-refractivity contribution in [2.75, 3.05) is 0 Å². The van der Waals surface area contributed by atoms with Crippen LogP contribution < -0.4 is 0 Å². The first-order valence-corrected chi connectivity index (χ1v) is 5.16. The highest BCUT2D eigenvalue weighted by molar-refractivity contribution is 5.27. The molecule has 0 N–H and O–H groups in total. The van der Waals surface area contributed by atoms with Crippen molar-refractivity contribution in [3.63, 3.8) is 0 Å². The summed E-state index contributed by atoms with van der Waals surface area (Å²) in [5.74, 6) is 2.19.